The van der Waals surface area contributed by atoms with Gasteiger partial charge in [-0.1, -0.05) is 6.92 Å². The predicted octanol–water partition coefficient (Wildman–Crippen LogP) is 1.69. The van der Waals surface area contributed by atoms with Crippen LogP contribution in [-0.2, 0) is 4.74 Å². The number of carbonyl (C=O) groups is 1. The number of nitrogens with zero attached hydrogens (tertiary/aromatic N) is 1. The topological polar surface area (TPSA) is 29.5 Å². The van der Waals surface area contributed by atoms with Gasteiger partial charge in [-0.05, 0) is 25.2 Å². The molecule has 0 aromatic carbocycles. The van der Waals surface area contributed by atoms with E-state index in [0.29, 0.717) is 5.92 Å². The number of rotatable bonds is 1. The number of piperidine rings is 1. The maximum absolute atomic E-state index is 11.1. The lowest BCUT2D eigenvalue weighted by Crippen LogP contribution is -2.39. The van der Waals surface area contributed by atoms with Crippen LogP contribution in [0.4, 0.5) is 4.79 Å². The molecule has 1 unspecified atom stereocenters. The fourth-order valence-electron chi connectivity index (χ4n) is 1.60. The van der Waals surface area contributed by atoms with Crippen molar-refractivity contribution in [2.75, 3.05) is 20.2 Å². The van der Waals surface area contributed by atoms with Crippen LogP contribution in [0, 0.1) is 12.8 Å². The predicted molar refractivity (Wildman–Crippen MR) is 46.7 cm³/mol. The van der Waals surface area contributed by atoms with Gasteiger partial charge in [0.2, 0.25) is 0 Å². The van der Waals surface area contributed by atoms with E-state index in [1.165, 1.54) is 13.5 Å². The van der Waals surface area contributed by atoms with E-state index in [1.807, 2.05) is 0 Å². The number of ether oxygens (including phenoxy) is 1. The van der Waals surface area contributed by atoms with Gasteiger partial charge >= 0.3 is 6.09 Å². The largest absolute Gasteiger partial charge is 0.453 e. The zero-order valence-electron chi connectivity index (χ0n) is 7.58. The quantitative estimate of drug-likeness (QED) is 0.599. The van der Waals surface area contributed by atoms with Crippen molar-refractivity contribution in [3.63, 3.8) is 0 Å². The lowest BCUT2D eigenvalue weighted by molar-refractivity contribution is 0.102. The van der Waals surface area contributed by atoms with Crippen LogP contribution in [0.3, 0.4) is 0 Å². The number of methoxy groups -OCH3 is 1. The minimum absolute atomic E-state index is 0.201. The minimum Gasteiger partial charge on any atom is -0.453 e. The maximum atomic E-state index is 11.1. The van der Waals surface area contributed by atoms with Crippen molar-refractivity contribution in [2.45, 2.75) is 19.3 Å². The van der Waals surface area contributed by atoms with E-state index in [9.17, 15) is 4.79 Å². The third-order valence-electron chi connectivity index (χ3n) is 2.36. The zero-order valence-corrected chi connectivity index (χ0v) is 7.58. The molecule has 1 aliphatic rings. The van der Waals surface area contributed by atoms with E-state index >= 15 is 0 Å². The first kappa shape index (κ1) is 9.36. The molecule has 0 bridgehead atoms. The van der Waals surface area contributed by atoms with Gasteiger partial charge in [-0.3, -0.25) is 0 Å². The number of hydrogen-bond donors (Lipinski definition) is 0. The van der Waals surface area contributed by atoms with Crippen molar-refractivity contribution in [1.29, 1.82) is 0 Å². The Balaban J connectivity index is 2.40. The third-order valence-corrected chi connectivity index (χ3v) is 2.36. The molecule has 3 nitrogen and oxygen atoms in total. The average molecular weight is 170 g/mol. The van der Waals surface area contributed by atoms with Gasteiger partial charge < -0.3 is 9.64 Å². The number of likely N-dealkylation sites (tertiary alicyclic amines) is 1. The zero-order chi connectivity index (χ0) is 8.97. The van der Waals surface area contributed by atoms with E-state index in [2.05, 4.69) is 11.7 Å². The average Bonchev–Trinajstić information content (AvgIpc) is 2.17. The summed E-state index contributed by atoms with van der Waals surface area (Å²) in [5.41, 5.74) is 0. The molecule has 1 rings (SSSR count). The second-order valence-electron chi connectivity index (χ2n) is 3.21. The van der Waals surface area contributed by atoms with E-state index in [1.54, 1.807) is 4.90 Å². The van der Waals surface area contributed by atoms with Crippen molar-refractivity contribution in [3.8, 4) is 0 Å². The van der Waals surface area contributed by atoms with Crippen molar-refractivity contribution < 1.29 is 9.53 Å². The van der Waals surface area contributed by atoms with Crippen LogP contribution in [0.2, 0.25) is 0 Å². The molecule has 0 aromatic heterocycles. The van der Waals surface area contributed by atoms with Gasteiger partial charge in [0.1, 0.15) is 0 Å². The Labute approximate surface area is 73.7 Å². The fourth-order valence-corrected chi connectivity index (χ4v) is 1.60. The van der Waals surface area contributed by atoms with Gasteiger partial charge in [0.25, 0.3) is 0 Å². The first-order valence-corrected chi connectivity index (χ1v) is 4.40. The monoisotopic (exact) mass is 170 g/mol. The Bertz CT molecular complexity index is 159. The molecule has 1 radical (unpaired) electrons. The van der Waals surface area contributed by atoms with Crippen molar-refractivity contribution in [2.24, 2.45) is 5.92 Å². The highest BCUT2D eigenvalue weighted by Gasteiger charge is 2.22. The highest BCUT2D eigenvalue weighted by Crippen LogP contribution is 2.19. The summed E-state index contributed by atoms with van der Waals surface area (Å²) in [4.78, 5) is 12.9. The Morgan fingerprint density at radius 2 is 2.50 bits per heavy atom. The lowest BCUT2D eigenvalue weighted by atomic mass is 9.96. The first-order valence-electron chi connectivity index (χ1n) is 4.40. The molecule has 0 aliphatic carbocycles. The summed E-state index contributed by atoms with van der Waals surface area (Å²) in [5, 5.41) is 0. The second kappa shape index (κ2) is 4.33. The second-order valence-corrected chi connectivity index (χ2v) is 3.21. The summed E-state index contributed by atoms with van der Waals surface area (Å²) in [6.07, 6.45) is 2.98. The van der Waals surface area contributed by atoms with Gasteiger partial charge in [0, 0.05) is 13.1 Å². The van der Waals surface area contributed by atoms with Gasteiger partial charge in [0.05, 0.1) is 7.11 Å². The molecule has 0 spiro atoms. The fraction of sp³-hybridized carbons (Fsp3) is 0.778. The normalized spacial score (nSPS) is 23.8. The van der Waals surface area contributed by atoms with E-state index in [4.69, 9.17) is 0 Å². The molecule has 0 aromatic rings. The Morgan fingerprint density at radius 1 is 1.75 bits per heavy atom. The van der Waals surface area contributed by atoms with Crippen LogP contribution in [0.15, 0.2) is 0 Å². The first-order chi connectivity index (χ1) is 5.77. The maximum Gasteiger partial charge on any atom is 0.409 e. The summed E-state index contributed by atoms with van der Waals surface area (Å²) in [6, 6.07) is 0. The standard InChI is InChI=1S/C9H16NO2/c1-3-8-5-4-6-10(7-8)9(11)12-2/h8H,1,3-7H2,2H3. The molecule has 1 aliphatic heterocycles. The van der Waals surface area contributed by atoms with E-state index in [-0.39, 0.29) is 6.09 Å². The van der Waals surface area contributed by atoms with Crippen LogP contribution in [0.5, 0.6) is 0 Å². The number of amides is 1. The molecule has 0 N–H and O–H groups in total. The highest BCUT2D eigenvalue weighted by molar-refractivity contribution is 5.67. The van der Waals surface area contributed by atoms with Crippen LogP contribution in [-0.4, -0.2) is 31.2 Å². The highest BCUT2D eigenvalue weighted by atomic mass is 16.5. The molecule has 1 fully saturated rings. The van der Waals surface area contributed by atoms with Gasteiger partial charge in [-0.15, -0.1) is 0 Å². The Hall–Kier alpha value is -0.730. The summed E-state index contributed by atoms with van der Waals surface area (Å²) in [5.74, 6) is 0.567. The van der Waals surface area contributed by atoms with Crippen LogP contribution in [0.1, 0.15) is 19.3 Å². The van der Waals surface area contributed by atoms with Crippen molar-refractivity contribution in [3.05, 3.63) is 6.92 Å². The Kier molecular flexibility index (Phi) is 3.38. The molecule has 1 heterocycles. The summed E-state index contributed by atoms with van der Waals surface area (Å²) in [7, 11) is 1.43. The molecule has 0 saturated carbocycles. The number of carbonyl (C=O) groups excluding carboxylic acids is 1. The summed E-state index contributed by atoms with van der Waals surface area (Å²) in [6.45, 7) is 5.50. The van der Waals surface area contributed by atoms with E-state index in [0.717, 1.165) is 25.9 Å². The smallest absolute Gasteiger partial charge is 0.409 e. The van der Waals surface area contributed by atoms with Crippen LogP contribution < -0.4 is 0 Å². The molecule has 3 heteroatoms. The molecular formula is C9H16NO2. The van der Waals surface area contributed by atoms with Crippen molar-refractivity contribution in [1.82, 2.24) is 4.90 Å². The summed E-state index contributed by atoms with van der Waals surface area (Å²) >= 11 is 0. The summed E-state index contributed by atoms with van der Waals surface area (Å²) < 4.78 is 4.65. The SMILES string of the molecule is [CH2]CC1CCCN(C(=O)OC)C1. The van der Waals surface area contributed by atoms with Crippen LogP contribution >= 0.6 is 0 Å². The molecule has 69 valence electrons. The van der Waals surface area contributed by atoms with Gasteiger partial charge in [-0.2, -0.15) is 0 Å². The van der Waals surface area contributed by atoms with Gasteiger partial charge in [-0.25, -0.2) is 4.79 Å². The van der Waals surface area contributed by atoms with Crippen LogP contribution in [0.25, 0.3) is 0 Å². The molecular weight excluding hydrogens is 154 g/mol. The molecule has 1 atom stereocenters. The third kappa shape index (κ3) is 2.13. The molecule has 1 saturated heterocycles. The van der Waals surface area contributed by atoms with Gasteiger partial charge in [0.15, 0.2) is 0 Å². The lowest BCUT2D eigenvalue weighted by Gasteiger charge is -2.30. The van der Waals surface area contributed by atoms with E-state index < -0.39 is 0 Å². The molecule has 12 heavy (non-hydrogen) atoms. The molecule has 1 amide bonds. The minimum atomic E-state index is -0.201. The van der Waals surface area contributed by atoms with Crippen molar-refractivity contribution >= 4 is 6.09 Å². The Morgan fingerprint density at radius 3 is 3.08 bits per heavy atom. The number of hydrogen-bond acceptors (Lipinski definition) is 2.